The zero-order valence-corrected chi connectivity index (χ0v) is 13.3. The van der Waals surface area contributed by atoms with E-state index in [0.29, 0.717) is 5.56 Å². The van der Waals surface area contributed by atoms with Crippen molar-refractivity contribution in [3.63, 3.8) is 0 Å². The van der Waals surface area contributed by atoms with Gasteiger partial charge >= 0.3 is 12.1 Å². The van der Waals surface area contributed by atoms with Gasteiger partial charge in [-0.1, -0.05) is 42.5 Å². The smallest absolute Gasteiger partial charge is 0.417 e. The molecule has 1 atom stereocenters. The molecule has 2 aromatic rings. The van der Waals surface area contributed by atoms with Crippen LogP contribution in [-0.4, -0.2) is 19.0 Å². The van der Waals surface area contributed by atoms with Gasteiger partial charge in [-0.25, -0.2) is 0 Å². The number of carbonyl (C=O) groups is 2. The fraction of sp³-hybridized carbons (Fsp3) is 0.222. The van der Waals surface area contributed by atoms with Gasteiger partial charge in [0.25, 0.3) is 5.91 Å². The van der Waals surface area contributed by atoms with E-state index in [4.69, 9.17) is 0 Å². The van der Waals surface area contributed by atoms with Crippen LogP contribution in [0.25, 0.3) is 0 Å². The van der Waals surface area contributed by atoms with Crippen molar-refractivity contribution >= 4 is 11.9 Å². The number of halogens is 3. The van der Waals surface area contributed by atoms with E-state index in [1.807, 2.05) is 0 Å². The molecule has 0 radical (unpaired) electrons. The first-order valence-electron chi connectivity index (χ1n) is 7.41. The highest BCUT2D eigenvalue weighted by Crippen LogP contribution is 2.32. The van der Waals surface area contributed by atoms with Crippen LogP contribution in [0, 0.1) is 0 Å². The maximum absolute atomic E-state index is 13.1. The van der Waals surface area contributed by atoms with Gasteiger partial charge in [0.1, 0.15) is 0 Å². The second-order valence-corrected chi connectivity index (χ2v) is 5.26. The number of methoxy groups -OCH3 is 1. The SMILES string of the molecule is COC(=O)CC(NC(=O)c1ccccc1C(F)(F)F)c1ccccc1. The number of carbonyl (C=O) groups excluding carboxylic acids is 2. The van der Waals surface area contributed by atoms with Crippen molar-refractivity contribution in [2.75, 3.05) is 7.11 Å². The molecule has 0 aliphatic rings. The number of nitrogens with one attached hydrogen (secondary N) is 1. The number of hydrogen-bond donors (Lipinski definition) is 1. The van der Waals surface area contributed by atoms with Gasteiger partial charge in [0.05, 0.1) is 30.7 Å². The standard InChI is InChI=1S/C18H16F3NO3/c1-25-16(23)11-15(12-7-3-2-4-8-12)22-17(24)13-9-5-6-10-14(13)18(19,20)21/h2-10,15H,11H2,1H3,(H,22,24). The molecule has 0 aliphatic carbocycles. The van der Waals surface area contributed by atoms with Gasteiger partial charge in [-0.2, -0.15) is 13.2 Å². The Hall–Kier alpha value is -2.83. The topological polar surface area (TPSA) is 55.4 Å². The maximum atomic E-state index is 13.1. The number of hydrogen-bond acceptors (Lipinski definition) is 3. The molecule has 4 nitrogen and oxygen atoms in total. The molecule has 0 aromatic heterocycles. The predicted molar refractivity (Wildman–Crippen MR) is 84.7 cm³/mol. The molecule has 1 amide bonds. The molecule has 0 saturated carbocycles. The number of alkyl halides is 3. The molecule has 25 heavy (non-hydrogen) atoms. The second-order valence-electron chi connectivity index (χ2n) is 5.26. The van der Waals surface area contributed by atoms with Gasteiger partial charge in [-0.3, -0.25) is 9.59 Å². The summed E-state index contributed by atoms with van der Waals surface area (Å²) in [6, 6.07) is 12.2. The van der Waals surface area contributed by atoms with Crippen molar-refractivity contribution in [1.29, 1.82) is 0 Å². The summed E-state index contributed by atoms with van der Waals surface area (Å²) in [6.07, 6.45) is -4.85. The fourth-order valence-corrected chi connectivity index (χ4v) is 2.35. The van der Waals surface area contributed by atoms with Crippen LogP contribution in [-0.2, 0) is 15.7 Å². The van der Waals surface area contributed by atoms with Gasteiger partial charge in [-0.05, 0) is 17.7 Å². The first kappa shape index (κ1) is 18.5. The summed E-state index contributed by atoms with van der Waals surface area (Å²) in [5.41, 5.74) is -0.941. The van der Waals surface area contributed by atoms with E-state index >= 15 is 0 Å². The summed E-state index contributed by atoms with van der Waals surface area (Å²) < 4.78 is 43.8. The van der Waals surface area contributed by atoms with Crippen LogP contribution in [0.15, 0.2) is 54.6 Å². The second kappa shape index (κ2) is 7.83. The van der Waals surface area contributed by atoms with E-state index in [-0.39, 0.29) is 6.42 Å². The molecule has 7 heteroatoms. The zero-order chi connectivity index (χ0) is 18.4. The van der Waals surface area contributed by atoms with Crippen LogP contribution in [0.5, 0.6) is 0 Å². The lowest BCUT2D eigenvalue weighted by Gasteiger charge is -2.20. The number of esters is 1. The molecule has 2 aromatic carbocycles. The first-order chi connectivity index (χ1) is 11.8. The lowest BCUT2D eigenvalue weighted by atomic mass is 10.0. The molecule has 2 rings (SSSR count). The van der Waals surface area contributed by atoms with Crippen LogP contribution >= 0.6 is 0 Å². The third kappa shape index (κ3) is 4.82. The van der Waals surface area contributed by atoms with Crippen LogP contribution in [0.1, 0.15) is 33.9 Å². The summed E-state index contributed by atoms with van der Waals surface area (Å²) in [4.78, 5) is 24.0. The Morgan fingerprint density at radius 2 is 1.64 bits per heavy atom. The Balaban J connectivity index is 2.30. The van der Waals surface area contributed by atoms with Crippen molar-refractivity contribution in [2.24, 2.45) is 0 Å². The minimum absolute atomic E-state index is 0.194. The molecular weight excluding hydrogens is 335 g/mol. The Kier molecular flexibility index (Phi) is 5.80. The first-order valence-corrected chi connectivity index (χ1v) is 7.41. The van der Waals surface area contributed by atoms with E-state index in [2.05, 4.69) is 10.1 Å². The minimum atomic E-state index is -4.65. The third-order valence-electron chi connectivity index (χ3n) is 3.58. The van der Waals surface area contributed by atoms with Crippen molar-refractivity contribution in [3.8, 4) is 0 Å². The Morgan fingerprint density at radius 3 is 2.24 bits per heavy atom. The molecule has 0 heterocycles. The van der Waals surface area contributed by atoms with Gasteiger partial charge < -0.3 is 10.1 Å². The normalized spacial score (nSPS) is 12.3. The number of ether oxygens (including phenoxy) is 1. The molecule has 132 valence electrons. The summed E-state index contributed by atoms with van der Waals surface area (Å²) in [5, 5.41) is 2.49. The molecule has 0 saturated heterocycles. The van der Waals surface area contributed by atoms with Crippen LogP contribution in [0.3, 0.4) is 0 Å². The average molecular weight is 351 g/mol. The van der Waals surface area contributed by atoms with Gasteiger partial charge in [0, 0.05) is 0 Å². The number of amides is 1. The highest BCUT2D eigenvalue weighted by molar-refractivity contribution is 5.96. The van der Waals surface area contributed by atoms with E-state index < -0.39 is 35.2 Å². The Labute approximate surface area is 142 Å². The van der Waals surface area contributed by atoms with Crippen molar-refractivity contribution in [2.45, 2.75) is 18.6 Å². The number of benzene rings is 2. The molecular formula is C18H16F3NO3. The fourth-order valence-electron chi connectivity index (χ4n) is 2.35. The molecule has 0 spiro atoms. The zero-order valence-electron chi connectivity index (χ0n) is 13.3. The quantitative estimate of drug-likeness (QED) is 0.835. The predicted octanol–water partition coefficient (Wildman–Crippen LogP) is 3.74. The lowest BCUT2D eigenvalue weighted by molar-refractivity contribution is -0.141. The summed E-state index contributed by atoms with van der Waals surface area (Å²) in [6.45, 7) is 0. The molecule has 1 unspecified atom stereocenters. The Bertz CT molecular complexity index is 745. The van der Waals surface area contributed by atoms with Crippen molar-refractivity contribution in [3.05, 3.63) is 71.3 Å². The van der Waals surface area contributed by atoms with Gasteiger partial charge in [-0.15, -0.1) is 0 Å². The lowest BCUT2D eigenvalue weighted by Crippen LogP contribution is -2.32. The molecule has 1 N–H and O–H groups in total. The molecule has 0 aliphatic heterocycles. The molecule has 0 bridgehead atoms. The van der Waals surface area contributed by atoms with E-state index in [0.717, 1.165) is 12.1 Å². The monoisotopic (exact) mass is 351 g/mol. The van der Waals surface area contributed by atoms with Gasteiger partial charge in [0.2, 0.25) is 0 Å². The van der Waals surface area contributed by atoms with Gasteiger partial charge in [0.15, 0.2) is 0 Å². The Morgan fingerprint density at radius 1 is 1.04 bits per heavy atom. The summed E-state index contributed by atoms with van der Waals surface area (Å²) in [7, 11) is 1.20. The van der Waals surface area contributed by atoms with E-state index in [1.54, 1.807) is 30.3 Å². The molecule has 0 fully saturated rings. The van der Waals surface area contributed by atoms with Crippen molar-refractivity contribution < 1.29 is 27.5 Å². The highest BCUT2D eigenvalue weighted by Gasteiger charge is 2.35. The maximum Gasteiger partial charge on any atom is 0.417 e. The van der Waals surface area contributed by atoms with Crippen molar-refractivity contribution in [1.82, 2.24) is 5.32 Å². The minimum Gasteiger partial charge on any atom is -0.469 e. The summed E-state index contributed by atoms with van der Waals surface area (Å²) in [5.74, 6) is -1.50. The van der Waals surface area contributed by atoms with Crippen LogP contribution < -0.4 is 5.32 Å². The summed E-state index contributed by atoms with van der Waals surface area (Å²) >= 11 is 0. The van der Waals surface area contributed by atoms with E-state index in [9.17, 15) is 22.8 Å². The van der Waals surface area contributed by atoms with E-state index in [1.165, 1.54) is 19.2 Å². The number of rotatable bonds is 5. The largest absolute Gasteiger partial charge is 0.469 e. The van der Waals surface area contributed by atoms with Crippen LogP contribution in [0.2, 0.25) is 0 Å². The third-order valence-corrected chi connectivity index (χ3v) is 3.58. The highest BCUT2D eigenvalue weighted by atomic mass is 19.4. The average Bonchev–Trinajstić information content (AvgIpc) is 2.61. The van der Waals surface area contributed by atoms with Crippen LogP contribution in [0.4, 0.5) is 13.2 Å².